The van der Waals surface area contributed by atoms with E-state index in [-0.39, 0.29) is 0 Å². The molecular weight excluding hydrogens is 218 g/mol. The molecule has 0 fully saturated rings. The molecule has 0 aliphatic heterocycles. The molecule has 62 valence electrons. The Morgan fingerprint density at radius 3 is 2.67 bits per heavy atom. The Bertz CT molecular complexity index is 341. The van der Waals surface area contributed by atoms with Crippen LogP contribution in [0.5, 0.6) is 5.75 Å². The van der Waals surface area contributed by atoms with Crippen LogP contribution in [-0.4, -0.2) is 7.11 Å². The van der Waals surface area contributed by atoms with Crippen molar-refractivity contribution in [3.8, 4) is 11.8 Å². The van der Waals surface area contributed by atoms with E-state index >= 15 is 0 Å². The second-order valence-electron chi connectivity index (χ2n) is 2.41. The van der Waals surface area contributed by atoms with Crippen LogP contribution in [0.3, 0.4) is 0 Å². The molecule has 0 unspecified atom stereocenters. The highest BCUT2D eigenvalue weighted by molar-refractivity contribution is 9.10. The monoisotopic (exact) mass is 225 g/mol. The molecule has 3 heteroatoms. The number of rotatable bonds is 1. The number of nitriles is 1. The van der Waals surface area contributed by atoms with Gasteiger partial charge in [0.05, 0.1) is 12.7 Å². The summed E-state index contributed by atoms with van der Waals surface area (Å²) in [7, 11) is 1.56. The molecule has 1 aromatic rings. The fourth-order valence-electron chi connectivity index (χ4n) is 1.02. The summed E-state index contributed by atoms with van der Waals surface area (Å²) in [6, 6.07) is 5.77. The fourth-order valence-corrected chi connectivity index (χ4v) is 1.57. The minimum Gasteiger partial charge on any atom is -0.495 e. The van der Waals surface area contributed by atoms with E-state index in [0.29, 0.717) is 11.3 Å². The van der Waals surface area contributed by atoms with Crippen molar-refractivity contribution in [3.05, 3.63) is 27.7 Å². The van der Waals surface area contributed by atoms with Gasteiger partial charge in [-0.25, -0.2) is 0 Å². The SMILES string of the molecule is COc1cc(Br)cc(C)c1C#N. The van der Waals surface area contributed by atoms with Crippen LogP contribution in [0.2, 0.25) is 0 Å². The zero-order chi connectivity index (χ0) is 9.14. The van der Waals surface area contributed by atoms with Crippen LogP contribution < -0.4 is 4.74 Å². The van der Waals surface area contributed by atoms with Crippen molar-refractivity contribution in [2.24, 2.45) is 0 Å². The molecule has 0 spiro atoms. The third kappa shape index (κ3) is 1.59. The summed E-state index contributed by atoms with van der Waals surface area (Å²) in [6.45, 7) is 1.88. The maximum atomic E-state index is 8.78. The molecule has 1 rings (SSSR count). The van der Waals surface area contributed by atoms with Gasteiger partial charge in [0.2, 0.25) is 0 Å². The van der Waals surface area contributed by atoms with Crippen molar-refractivity contribution >= 4 is 15.9 Å². The standard InChI is InChI=1S/C9H8BrNO/c1-6-3-7(10)4-9(12-2)8(6)5-11/h3-4H,1-2H3. The van der Waals surface area contributed by atoms with Crippen LogP contribution in [0, 0.1) is 18.3 Å². The minimum absolute atomic E-state index is 0.598. The van der Waals surface area contributed by atoms with Crippen molar-refractivity contribution in [3.63, 3.8) is 0 Å². The molecule has 0 aromatic heterocycles. The van der Waals surface area contributed by atoms with Gasteiger partial charge in [-0.15, -0.1) is 0 Å². The Balaban J connectivity index is 3.36. The summed E-state index contributed by atoms with van der Waals surface area (Å²) in [5, 5.41) is 8.78. The van der Waals surface area contributed by atoms with E-state index in [1.807, 2.05) is 13.0 Å². The van der Waals surface area contributed by atoms with Crippen LogP contribution in [0.25, 0.3) is 0 Å². The molecule has 0 atom stereocenters. The normalized spacial score (nSPS) is 9.17. The molecule has 0 amide bonds. The highest BCUT2D eigenvalue weighted by atomic mass is 79.9. The summed E-state index contributed by atoms with van der Waals surface area (Å²) >= 11 is 3.33. The average Bonchev–Trinajstić information content (AvgIpc) is 2.03. The molecule has 0 bridgehead atoms. The number of methoxy groups -OCH3 is 1. The maximum Gasteiger partial charge on any atom is 0.138 e. The first-order valence-electron chi connectivity index (χ1n) is 3.43. The maximum absolute atomic E-state index is 8.78. The number of ether oxygens (including phenoxy) is 1. The van der Waals surface area contributed by atoms with Crippen LogP contribution in [-0.2, 0) is 0 Å². The number of halogens is 1. The van der Waals surface area contributed by atoms with Crippen LogP contribution >= 0.6 is 15.9 Å². The van der Waals surface area contributed by atoms with Gasteiger partial charge in [0.1, 0.15) is 11.8 Å². The topological polar surface area (TPSA) is 33.0 Å². The van der Waals surface area contributed by atoms with Gasteiger partial charge in [-0.3, -0.25) is 0 Å². The quantitative estimate of drug-likeness (QED) is 0.737. The Morgan fingerprint density at radius 2 is 2.17 bits per heavy atom. The van der Waals surface area contributed by atoms with Crippen molar-refractivity contribution < 1.29 is 4.74 Å². The van der Waals surface area contributed by atoms with E-state index in [1.54, 1.807) is 13.2 Å². The molecular formula is C9H8BrNO. The zero-order valence-corrected chi connectivity index (χ0v) is 8.47. The molecule has 0 radical (unpaired) electrons. The van der Waals surface area contributed by atoms with Gasteiger partial charge in [-0.2, -0.15) is 5.26 Å². The zero-order valence-electron chi connectivity index (χ0n) is 6.89. The van der Waals surface area contributed by atoms with Crippen molar-refractivity contribution in [2.45, 2.75) is 6.92 Å². The predicted molar refractivity (Wildman–Crippen MR) is 50.1 cm³/mol. The van der Waals surface area contributed by atoms with Crippen LogP contribution in [0.15, 0.2) is 16.6 Å². The lowest BCUT2D eigenvalue weighted by molar-refractivity contribution is 0.413. The van der Waals surface area contributed by atoms with Gasteiger partial charge in [0.15, 0.2) is 0 Å². The summed E-state index contributed by atoms with van der Waals surface area (Å²) in [5.74, 6) is 0.615. The Hall–Kier alpha value is -1.01. The molecule has 0 aliphatic rings. The van der Waals surface area contributed by atoms with Gasteiger partial charge >= 0.3 is 0 Å². The van der Waals surface area contributed by atoms with E-state index in [0.717, 1.165) is 10.0 Å². The molecule has 0 saturated heterocycles. The summed E-state index contributed by atoms with van der Waals surface area (Å²) in [6.07, 6.45) is 0. The first-order chi connectivity index (χ1) is 5.69. The molecule has 0 heterocycles. The van der Waals surface area contributed by atoms with Crippen LogP contribution in [0.1, 0.15) is 11.1 Å². The van der Waals surface area contributed by atoms with Gasteiger partial charge in [-0.1, -0.05) is 15.9 Å². The van der Waals surface area contributed by atoms with E-state index in [2.05, 4.69) is 22.0 Å². The van der Waals surface area contributed by atoms with Gasteiger partial charge in [0.25, 0.3) is 0 Å². The lowest BCUT2D eigenvalue weighted by atomic mass is 10.1. The largest absolute Gasteiger partial charge is 0.495 e. The number of hydrogen-bond acceptors (Lipinski definition) is 2. The number of benzene rings is 1. The minimum atomic E-state index is 0.598. The first kappa shape index (κ1) is 9.08. The molecule has 0 aliphatic carbocycles. The molecule has 0 N–H and O–H groups in total. The van der Waals surface area contributed by atoms with E-state index in [4.69, 9.17) is 10.00 Å². The average molecular weight is 226 g/mol. The Labute approximate surface area is 79.9 Å². The smallest absolute Gasteiger partial charge is 0.138 e. The summed E-state index contributed by atoms with van der Waals surface area (Å²) < 4.78 is 5.97. The first-order valence-corrected chi connectivity index (χ1v) is 4.22. The second kappa shape index (κ2) is 3.59. The highest BCUT2D eigenvalue weighted by Crippen LogP contribution is 2.26. The number of nitrogens with zero attached hydrogens (tertiary/aromatic N) is 1. The number of hydrogen-bond donors (Lipinski definition) is 0. The van der Waals surface area contributed by atoms with Crippen molar-refractivity contribution in [2.75, 3.05) is 7.11 Å². The lowest BCUT2D eigenvalue weighted by Gasteiger charge is -2.05. The Morgan fingerprint density at radius 1 is 1.50 bits per heavy atom. The van der Waals surface area contributed by atoms with Gasteiger partial charge in [0, 0.05) is 4.47 Å². The number of aryl methyl sites for hydroxylation is 1. The van der Waals surface area contributed by atoms with Crippen LogP contribution in [0.4, 0.5) is 0 Å². The Kier molecular flexibility index (Phi) is 2.72. The lowest BCUT2D eigenvalue weighted by Crippen LogP contribution is -1.90. The summed E-state index contributed by atoms with van der Waals surface area (Å²) in [5.41, 5.74) is 1.52. The van der Waals surface area contributed by atoms with Crippen molar-refractivity contribution in [1.29, 1.82) is 5.26 Å². The molecule has 2 nitrogen and oxygen atoms in total. The molecule has 1 aromatic carbocycles. The molecule has 12 heavy (non-hydrogen) atoms. The second-order valence-corrected chi connectivity index (χ2v) is 3.33. The van der Waals surface area contributed by atoms with E-state index in [9.17, 15) is 0 Å². The summed E-state index contributed by atoms with van der Waals surface area (Å²) in [4.78, 5) is 0. The third-order valence-electron chi connectivity index (χ3n) is 1.60. The molecule has 0 saturated carbocycles. The third-order valence-corrected chi connectivity index (χ3v) is 2.05. The highest BCUT2D eigenvalue weighted by Gasteiger charge is 2.06. The van der Waals surface area contributed by atoms with Crippen molar-refractivity contribution in [1.82, 2.24) is 0 Å². The van der Waals surface area contributed by atoms with E-state index < -0.39 is 0 Å². The predicted octanol–water partition coefficient (Wildman–Crippen LogP) is 2.64. The van der Waals surface area contributed by atoms with E-state index in [1.165, 1.54) is 0 Å². The van der Waals surface area contributed by atoms with Gasteiger partial charge < -0.3 is 4.74 Å². The fraction of sp³-hybridized carbons (Fsp3) is 0.222. The van der Waals surface area contributed by atoms with Gasteiger partial charge in [-0.05, 0) is 24.6 Å².